The number of aryl methyl sites for hydroxylation is 1. The second-order valence-corrected chi connectivity index (χ2v) is 5.19. The molecule has 3 rings (SSSR count). The molecule has 0 fully saturated rings. The molecule has 0 saturated carbocycles. The third-order valence-corrected chi connectivity index (χ3v) is 3.41. The summed E-state index contributed by atoms with van der Waals surface area (Å²) < 4.78 is 14.7. The summed E-state index contributed by atoms with van der Waals surface area (Å²) in [5.74, 6) is -0.258. The Morgan fingerprint density at radius 1 is 1.21 bits per heavy atom. The summed E-state index contributed by atoms with van der Waals surface area (Å²) in [5, 5.41) is 16.4. The van der Waals surface area contributed by atoms with E-state index < -0.39 is 0 Å². The van der Waals surface area contributed by atoms with Crippen molar-refractivity contribution < 1.29 is 9.18 Å². The number of aromatic nitrogens is 4. The number of nitrogens with zero attached hydrogens (tertiary/aromatic N) is 4. The number of tetrazole rings is 1. The van der Waals surface area contributed by atoms with Gasteiger partial charge in [-0.3, -0.25) is 0 Å². The summed E-state index contributed by atoms with van der Waals surface area (Å²) >= 11 is 0. The first kappa shape index (κ1) is 15.6. The molecule has 0 radical (unpaired) electrons. The van der Waals surface area contributed by atoms with Gasteiger partial charge in [-0.25, -0.2) is 13.9 Å². The summed E-state index contributed by atoms with van der Waals surface area (Å²) in [5.41, 5.74) is 2.80. The first-order valence-corrected chi connectivity index (χ1v) is 7.25. The standard InChI is InChI=1S/C16H15FN6O/c1-11-8-12(2-7-15(11)17)9-18-16(24)20-13-3-5-14(6-4-13)23-10-19-21-22-23/h2-8,10H,9H2,1H3,(H2,18,20,24). The summed E-state index contributed by atoms with van der Waals surface area (Å²) in [7, 11) is 0. The fourth-order valence-electron chi connectivity index (χ4n) is 2.15. The average Bonchev–Trinajstić information content (AvgIpc) is 3.11. The molecule has 2 aromatic carbocycles. The van der Waals surface area contributed by atoms with Crippen LogP contribution in [0.1, 0.15) is 11.1 Å². The van der Waals surface area contributed by atoms with Crippen molar-refractivity contribution in [2.24, 2.45) is 0 Å². The molecule has 3 aromatic rings. The predicted octanol–water partition coefficient (Wildman–Crippen LogP) is 2.43. The van der Waals surface area contributed by atoms with Gasteiger partial charge in [0, 0.05) is 12.2 Å². The minimum absolute atomic E-state index is 0.258. The van der Waals surface area contributed by atoms with Gasteiger partial charge in [0.2, 0.25) is 0 Å². The maximum atomic E-state index is 13.2. The van der Waals surface area contributed by atoms with Crippen LogP contribution in [0.2, 0.25) is 0 Å². The van der Waals surface area contributed by atoms with E-state index >= 15 is 0 Å². The number of nitrogens with one attached hydrogen (secondary N) is 2. The second-order valence-electron chi connectivity index (χ2n) is 5.19. The van der Waals surface area contributed by atoms with Gasteiger partial charge in [-0.15, -0.1) is 5.10 Å². The lowest BCUT2D eigenvalue weighted by Crippen LogP contribution is -2.28. The van der Waals surface area contributed by atoms with Crippen molar-refractivity contribution in [1.82, 2.24) is 25.5 Å². The van der Waals surface area contributed by atoms with Crippen molar-refractivity contribution in [3.05, 3.63) is 65.7 Å². The van der Waals surface area contributed by atoms with E-state index in [-0.39, 0.29) is 11.8 Å². The third-order valence-electron chi connectivity index (χ3n) is 3.41. The highest BCUT2D eigenvalue weighted by molar-refractivity contribution is 5.89. The molecule has 0 aliphatic carbocycles. The monoisotopic (exact) mass is 326 g/mol. The third kappa shape index (κ3) is 3.72. The first-order chi connectivity index (χ1) is 11.6. The van der Waals surface area contributed by atoms with Gasteiger partial charge in [-0.2, -0.15) is 0 Å². The molecular formula is C16H15FN6O. The zero-order chi connectivity index (χ0) is 16.9. The first-order valence-electron chi connectivity index (χ1n) is 7.25. The number of halogens is 1. The van der Waals surface area contributed by atoms with E-state index in [4.69, 9.17) is 0 Å². The van der Waals surface area contributed by atoms with E-state index in [9.17, 15) is 9.18 Å². The summed E-state index contributed by atoms with van der Waals surface area (Å²) in [6.45, 7) is 2.00. The van der Waals surface area contributed by atoms with E-state index in [1.165, 1.54) is 17.1 Å². The van der Waals surface area contributed by atoms with Crippen LogP contribution in [-0.4, -0.2) is 26.2 Å². The number of hydrogen-bond donors (Lipinski definition) is 2. The van der Waals surface area contributed by atoms with Crippen LogP contribution in [0.15, 0.2) is 48.8 Å². The van der Waals surface area contributed by atoms with Crippen LogP contribution in [0.4, 0.5) is 14.9 Å². The van der Waals surface area contributed by atoms with Crippen LogP contribution in [0.25, 0.3) is 5.69 Å². The number of amides is 2. The molecule has 0 aliphatic rings. The van der Waals surface area contributed by atoms with Gasteiger partial charge in [0.25, 0.3) is 0 Å². The molecule has 0 bridgehead atoms. The lowest BCUT2D eigenvalue weighted by atomic mass is 10.1. The van der Waals surface area contributed by atoms with Crippen molar-refractivity contribution in [3.63, 3.8) is 0 Å². The molecule has 2 amide bonds. The summed E-state index contributed by atoms with van der Waals surface area (Å²) in [4.78, 5) is 11.9. The smallest absolute Gasteiger partial charge is 0.319 e. The predicted molar refractivity (Wildman–Crippen MR) is 86.1 cm³/mol. The highest BCUT2D eigenvalue weighted by Crippen LogP contribution is 2.12. The van der Waals surface area contributed by atoms with Crippen molar-refractivity contribution in [3.8, 4) is 5.69 Å². The van der Waals surface area contributed by atoms with Crippen LogP contribution in [0.5, 0.6) is 0 Å². The van der Waals surface area contributed by atoms with Crippen LogP contribution in [0.3, 0.4) is 0 Å². The second kappa shape index (κ2) is 6.86. The Morgan fingerprint density at radius 2 is 2.00 bits per heavy atom. The molecule has 0 unspecified atom stereocenters. The molecule has 2 N–H and O–H groups in total. The van der Waals surface area contributed by atoms with Crippen LogP contribution < -0.4 is 10.6 Å². The molecule has 8 heteroatoms. The van der Waals surface area contributed by atoms with Crippen molar-refractivity contribution in [2.75, 3.05) is 5.32 Å². The molecule has 7 nitrogen and oxygen atoms in total. The van der Waals surface area contributed by atoms with Crippen molar-refractivity contribution >= 4 is 11.7 Å². The number of carbonyl (C=O) groups is 1. The molecule has 1 aromatic heterocycles. The minimum atomic E-state index is -0.341. The van der Waals surface area contributed by atoms with E-state index in [0.717, 1.165) is 11.3 Å². The molecule has 122 valence electrons. The summed E-state index contributed by atoms with van der Waals surface area (Å²) in [6, 6.07) is 11.5. The van der Waals surface area contributed by atoms with E-state index in [2.05, 4.69) is 26.2 Å². The Morgan fingerprint density at radius 3 is 2.67 bits per heavy atom. The Balaban J connectivity index is 1.55. The van der Waals surface area contributed by atoms with Crippen LogP contribution in [0, 0.1) is 12.7 Å². The number of urea groups is 1. The largest absolute Gasteiger partial charge is 0.334 e. The molecule has 0 aliphatic heterocycles. The highest BCUT2D eigenvalue weighted by atomic mass is 19.1. The molecule has 0 atom stereocenters. The van der Waals surface area contributed by atoms with Gasteiger partial charge in [0.1, 0.15) is 12.1 Å². The Labute approximate surface area is 137 Å². The van der Waals surface area contributed by atoms with E-state index in [0.29, 0.717) is 17.8 Å². The number of carbonyl (C=O) groups excluding carboxylic acids is 1. The van der Waals surface area contributed by atoms with Crippen molar-refractivity contribution in [1.29, 1.82) is 0 Å². The number of hydrogen-bond acceptors (Lipinski definition) is 4. The van der Waals surface area contributed by atoms with Crippen LogP contribution >= 0.6 is 0 Å². The molecular weight excluding hydrogens is 311 g/mol. The SMILES string of the molecule is Cc1cc(CNC(=O)Nc2ccc(-n3cnnn3)cc2)ccc1F. The minimum Gasteiger partial charge on any atom is -0.334 e. The number of benzene rings is 2. The Bertz CT molecular complexity index is 832. The lowest BCUT2D eigenvalue weighted by Gasteiger charge is -2.09. The molecule has 1 heterocycles. The van der Waals surface area contributed by atoms with Gasteiger partial charge in [0.15, 0.2) is 0 Å². The van der Waals surface area contributed by atoms with Crippen LogP contribution in [-0.2, 0) is 6.54 Å². The maximum Gasteiger partial charge on any atom is 0.319 e. The normalized spacial score (nSPS) is 10.4. The van der Waals surface area contributed by atoms with Gasteiger partial charge in [-0.1, -0.05) is 12.1 Å². The Kier molecular flexibility index (Phi) is 4.46. The fraction of sp³-hybridized carbons (Fsp3) is 0.125. The molecule has 0 saturated heterocycles. The molecule has 0 spiro atoms. The van der Waals surface area contributed by atoms with Crippen molar-refractivity contribution in [2.45, 2.75) is 13.5 Å². The quantitative estimate of drug-likeness (QED) is 0.771. The number of rotatable bonds is 4. The van der Waals surface area contributed by atoms with E-state index in [1.807, 2.05) is 0 Å². The molecule has 24 heavy (non-hydrogen) atoms. The van der Waals surface area contributed by atoms with Gasteiger partial charge >= 0.3 is 6.03 Å². The van der Waals surface area contributed by atoms with E-state index in [1.54, 1.807) is 43.3 Å². The number of anilines is 1. The highest BCUT2D eigenvalue weighted by Gasteiger charge is 2.04. The lowest BCUT2D eigenvalue weighted by molar-refractivity contribution is 0.251. The zero-order valence-corrected chi connectivity index (χ0v) is 12.9. The fourth-order valence-corrected chi connectivity index (χ4v) is 2.15. The van der Waals surface area contributed by atoms with Gasteiger partial charge in [0.05, 0.1) is 5.69 Å². The summed E-state index contributed by atoms with van der Waals surface area (Å²) in [6.07, 6.45) is 1.49. The Hall–Kier alpha value is -3.29. The van der Waals surface area contributed by atoms with Gasteiger partial charge < -0.3 is 10.6 Å². The topological polar surface area (TPSA) is 84.7 Å². The van der Waals surface area contributed by atoms with Gasteiger partial charge in [-0.05, 0) is 58.8 Å². The zero-order valence-electron chi connectivity index (χ0n) is 12.9. The average molecular weight is 326 g/mol. The maximum absolute atomic E-state index is 13.2.